The molecule has 1 fully saturated rings. The summed E-state index contributed by atoms with van der Waals surface area (Å²) in [6.45, 7) is 3.34. The normalized spacial score (nSPS) is 18.7. The number of hydrogen-bond acceptors (Lipinski definition) is 5. The molecule has 1 amide bonds. The Morgan fingerprint density at radius 2 is 1.71 bits per heavy atom. The predicted octanol–water partition coefficient (Wildman–Crippen LogP) is 3.69. The fraction of sp³-hybridized carbons (Fsp3) is 0.391. The van der Waals surface area contributed by atoms with Crippen LogP contribution in [0, 0.1) is 0 Å². The number of amides is 1. The molecule has 0 aliphatic heterocycles. The first-order valence-electron chi connectivity index (χ1n) is 10.3. The zero-order valence-corrected chi connectivity index (χ0v) is 18.7. The van der Waals surface area contributed by atoms with Gasteiger partial charge >= 0.3 is 5.97 Å². The van der Waals surface area contributed by atoms with E-state index >= 15 is 0 Å². The van der Waals surface area contributed by atoms with Crippen LogP contribution < -0.4 is 10.0 Å². The summed E-state index contributed by atoms with van der Waals surface area (Å²) in [5.74, 6) is -0.727. The number of anilines is 1. The molecule has 7 nitrogen and oxygen atoms in total. The molecule has 0 aromatic heterocycles. The molecule has 31 heavy (non-hydrogen) atoms. The van der Waals surface area contributed by atoms with Crippen molar-refractivity contribution in [3.05, 3.63) is 65.2 Å². The number of hydrogen-bond donors (Lipinski definition) is 2. The second-order valence-corrected chi connectivity index (χ2v) is 10.3. The zero-order chi connectivity index (χ0) is 22.6. The third kappa shape index (κ3) is 5.51. The molecular formula is C23H28N2O5S. The minimum atomic E-state index is -3.33. The molecule has 1 saturated carbocycles. The molecule has 0 radical (unpaired) electrons. The SMILES string of the molecule is COC(=O)c1cccc(C(=O)Nc2ccc([C@H]3CCC[C@H]3NS(=O)(=O)C(C)C)cc2)c1. The highest BCUT2D eigenvalue weighted by Gasteiger charge is 2.32. The Morgan fingerprint density at radius 3 is 2.35 bits per heavy atom. The van der Waals surface area contributed by atoms with Crippen LogP contribution in [0.25, 0.3) is 0 Å². The molecule has 3 rings (SSSR count). The summed E-state index contributed by atoms with van der Waals surface area (Å²) in [6, 6.07) is 13.7. The number of sulfonamides is 1. The van der Waals surface area contributed by atoms with Gasteiger partial charge in [-0.15, -0.1) is 0 Å². The zero-order valence-electron chi connectivity index (χ0n) is 17.9. The van der Waals surface area contributed by atoms with Crippen molar-refractivity contribution in [2.24, 2.45) is 0 Å². The molecule has 2 atom stereocenters. The van der Waals surface area contributed by atoms with Crippen LogP contribution >= 0.6 is 0 Å². The van der Waals surface area contributed by atoms with Gasteiger partial charge in [0.2, 0.25) is 10.0 Å². The van der Waals surface area contributed by atoms with Crippen molar-refractivity contribution >= 4 is 27.6 Å². The molecule has 166 valence electrons. The average Bonchev–Trinajstić information content (AvgIpc) is 3.21. The molecular weight excluding hydrogens is 416 g/mol. The number of carbonyl (C=O) groups is 2. The Labute approximate surface area is 183 Å². The molecule has 0 bridgehead atoms. The van der Waals surface area contributed by atoms with E-state index in [4.69, 9.17) is 0 Å². The number of esters is 1. The van der Waals surface area contributed by atoms with Gasteiger partial charge in [0.15, 0.2) is 0 Å². The van der Waals surface area contributed by atoms with Crippen LogP contribution in [-0.4, -0.2) is 38.7 Å². The lowest BCUT2D eigenvalue weighted by Gasteiger charge is -2.23. The first-order valence-corrected chi connectivity index (χ1v) is 11.9. The molecule has 1 aliphatic rings. The number of methoxy groups -OCH3 is 1. The van der Waals surface area contributed by atoms with Crippen molar-refractivity contribution in [3.8, 4) is 0 Å². The molecule has 2 N–H and O–H groups in total. The summed E-state index contributed by atoms with van der Waals surface area (Å²) in [6.07, 6.45) is 2.69. The molecule has 0 spiro atoms. The van der Waals surface area contributed by atoms with E-state index in [1.807, 2.05) is 24.3 Å². The van der Waals surface area contributed by atoms with Gasteiger partial charge in [0.25, 0.3) is 5.91 Å². The van der Waals surface area contributed by atoms with Gasteiger partial charge in [-0.3, -0.25) is 4.79 Å². The van der Waals surface area contributed by atoms with Gasteiger partial charge in [-0.1, -0.05) is 24.6 Å². The highest BCUT2D eigenvalue weighted by Crippen LogP contribution is 2.35. The van der Waals surface area contributed by atoms with Crippen LogP contribution in [-0.2, 0) is 14.8 Å². The van der Waals surface area contributed by atoms with Gasteiger partial charge in [0.1, 0.15) is 0 Å². The largest absolute Gasteiger partial charge is 0.465 e. The minimum Gasteiger partial charge on any atom is -0.465 e. The Morgan fingerprint density at radius 1 is 1.03 bits per heavy atom. The third-order valence-electron chi connectivity index (χ3n) is 5.59. The Balaban J connectivity index is 1.69. The second-order valence-electron chi connectivity index (χ2n) is 8.00. The maximum Gasteiger partial charge on any atom is 0.337 e. The van der Waals surface area contributed by atoms with Gasteiger partial charge in [0.05, 0.1) is 17.9 Å². The molecule has 1 aliphatic carbocycles. The summed E-state index contributed by atoms with van der Waals surface area (Å²) in [4.78, 5) is 24.2. The van der Waals surface area contributed by atoms with Crippen molar-refractivity contribution < 1.29 is 22.7 Å². The Bertz CT molecular complexity index is 1050. The van der Waals surface area contributed by atoms with E-state index in [1.165, 1.54) is 13.2 Å². The second kappa shape index (κ2) is 9.62. The predicted molar refractivity (Wildman–Crippen MR) is 120 cm³/mol. The average molecular weight is 445 g/mol. The van der Waals surface area contributed by atoms with Crippen LogP contribution in [0.3, 0.4) is 0 Å². The highest BCUT2D eigenvalue weighted by molar-refractivity contribution is 7.90. The molecule has 0 saturated heterocycles. The van der Waals surface area contributed by atoms with Gasteiger partial charge in [-0.2, -0.15) is 0 Å². The van der Waals surface area contributed by atoms with Gasteiger partial charge in [0, 0.05) is 23.2 Å². The van der Waals surface area contributed by atoms with Gasteiger partial charge in [-0.05, 0) is 62.6 Å². The number of nitrogens with one attached hydrogen (secondary N) is 2. The van der Waals surface area contributed by atoms with Crippen molar-refractivity contribution in [2.75, 3.05) is 12.4 Å². The van der Waals surface area contributed by atoms with Gasteiger partial charge in [-0.25, -0.2) is 17.9 Å². The Kier molecular flexibility index (Phi) is 7.12. The number of benzene rings is 2. The number of rotatable bonds is 7. The van der Waals surface area contributed by atoms with Crippen molar-refractivity contribution in [1.29, 1.82) is 0 Å². The monoisotopic (exact) mass is 444 g/mol. The lowest BCUT2D eigenvalue weighted by Crippen LogP contribution is -2.40. The first kappa shape index (κ1) is 23.0. The van der Waals surface area contributed by atoms with Crippen molar-refractivity contribution in [3.63, 3.8) is 0 Å². The minimum absolute atomic E-state index is 0.106. The molecule has 0 unspecified atom stereocenters. The van der Waals surface area contributed by atoms with E-state index in [0.717, 1.165) is 24.8 Å². The van der Waals surface area contributed by atoms with Crippen LogP contribution in [0.2, 0.25) is 0 Å². The maximum absolute atomic E-state index is 12.6. The molecule has 0 heterocycles. The summed E-state index contributed by atoms with van der Waals surface area (Å²) in [5.41, 5.74) is 2.32. The maximum atomic E-state index is 12.6. The van der Waals surface area contributed by atoms with Crippen LogP contribution in [0.5, 0.6) is 0 Å². The standard InChI is InChI=1S/C23H28N2O5S/c1-15(2)31(28,29)25-21-9-5-8-20(21)16-10-12-19(13-11-16)24-22(26)17-6-4-7-18(14-17)23(27)30-3/h4,6-7,10-15,20-21,25H,5,8-9H2,1-3H3,(H,24,26)/t20-,21-/m1/s1. The highest BCUT2D eigenvalue weighted by atomic mass is 32.2. The van der Waals surface area contributed by atoms with E-state index in [-0.39, 0.29) is 17.9 Å². The van der Waals surface area contributed by atoms with Crippen molar-refractivity contribution in [2.45, 2.75) is 50.3 Å². The Hall–Kier alpha value is -2.71. The summed E-state index contributed by atoms with van der Waals surface area (Å²) >= 11 is 0. The third-order valence-corrected chi connectivity index (χ3v) is 7.47. The van der Waals surface area contributed by atoms with Crippen LogP contribution in [0.15, 0.2) is 48.5 Å². The lowest BCUT2D eigenvalue weighted by molar-refractivity contribution is 0.0600. The van der Waals surface area contributed by atoms with E-state index in [9.17, 15) is 18.0 Å². The smallest absolute Gasteiger partial charge is 0.337 e. The topological polar surface area (TPSA) is 102 Å². The lowest BCUT2D eigenvalue weighted by atomic mass is 9.94. The van der Waals surface area contributed by atoms with E-state index in [2.05, 4.69) is 14.8 Å². The fourth-order valence-electron chi connectivity index (χ4n) is 3.77. The van der Waals surface area contributed by atoms with Crippen LogP contribution in [0.1, 0.15) is 65.3 Å². The van der Waals surface area contributed by atoms with Crippen LogP contribution in [0.4, 0.5) is 5.69 Å². The van der Waals surface area contributed by atoms with Gasteiger partial charge < -0.3 is 10.1 Å². The van der Waals surface area contributed by atoms with Crippen molar-refractivity contribution in [1.82, 2.24) is 4.72 Å². The summed E-state index contributed by atoms with van der Waals surface area (Å²) in [5, 5.41) is 2.35. The van der Waals surface area contributed by atoms with E-state index < -0.39 is 21.2 Å². The summed E-state index contributed by atoms with van der Waals surface area (Å²) < 4.78 is 32.1. The summed E-state index contributed by atoms with van der Waals surface area (Å²) in [7, 11) is -2.04. The van der Waals surface area contributed by atoms with E-state index in [1.54, 1.807) is 32.0 Å². The number of ether oxygens (including phenoxy) is 1. The molecule has 2 aromatic rings. The molecule has 8 heteroatoms. The fourth-order valence-corrected chi connectivity index (χ4v) is 4.75. The van der Waals surface area contributed by atoms with E-state index in [0.29, 0.717) is 16.8 Å². The molecule has 2 aromatic carbocycles. The number of carbonyl (C=O) groups excluding carboxylic acids is 2. The quantitative estimate of drug-likeness (QED) is 0.634. The first-order chi connectivity index (χ1) is 14.7.